The lowest BCUT2D eigenvalue weighted by molar-refractivity contribution is 0.620. The lowest BCUT2D eigenvalue weighted by Gasteiger charge is -2.07. The topological polar surface area (TPSA) is 69.6 Å². The maximum Gasteiger partial charge on any atom is 0.188 e. The quantitative estimate of drug-likeness (QED) is 0.653. The summed E-state index contributed by atoms with van der Waals surface area (Å²) in [5.41, 5.74) is 7.80. The molecule has 0 aliphatic heterocycles. The molecule has 1 heterocycles. The van der Waals surface area contributed by atoms with E-state index in [9.17, 15) is 4.39 Å². The Bertz CT molecular complexity index is 818. The zero-order valence-corrected chi connectivity index (χ0v) is 13.6. The van der Waals surface area contributed by atoms with Gasteiger partial charge in [-0.25, -0.2) is 4.39 Å². The van der Waals surface area contributed by atoms with Gasteiger partial charge >= 0.3 is 0 Å². The fraction of sp³-hybridized carbons (Fsp3) is 0. The molecule has 3 aromatic rings. The van der Waals surface area contributed by atoms with Gasteiger partial charge in [-0.3, -0.25) is 0 Å². The molecule has 0 saturated carbocycles. The molecule has 0 bridgehead atoms. The second kappa shape index (κ2) is 5.53. The second-order valence-corrected chi connectivity index (χ2v) is 5.96. The van der Waals surface area contributed by atoms with E-state index in [2.05, 4.69) is 47.4 Å². The lowest BCUT2D eigenvalue weighted by atomic mass is 10.2. The van der Waals surface area contributed by atoms with Crippen LogP contribution in [0.15, 0.2) is 45.3 Å². The number of halogens is 3. The van der Waals surface area contributed by atoms with Crippen molar-refractivity contribution >= 4 is 37.5 Å². The van der Waals surface area contributed by atoms with Crippen molar-refractivity contribution in [1.82, 2.24) is 20.2 Å². The third-order valence-electron chi connectivity index (χ3n) is 2.85. The normalized spacial score (nSPS) is 10.8. The van der Waals surface area contributed by atoms with Crippen LogP contribution in [-0.2, 0) is 0 Å². The minimum absolute atomic E-state index is 0.341. The van der Waals surface area contributed by atoms with Crippen LogP contribution in [0.5, 0.6) is 0 Å². The minimum Gasteiger partial charge on any atom is -0.399 e. The van der Waals surface area contributed by atoms with Gasteiger partial charge in [0.25, 0.3) is 0 Å². The van der Waals surface area contributed by atoms with Crippen LogP contribution in [0.2, 0.25) is 0 Å². The van der Waals surface area contributed by atoms with E-state index in [0.717, 1.165) is 10.0 Å². The summed E-state index contributed by atoms with van der Waals surface area (Å²) in [6.45, 7) is 0. The molecule has 0 spiro atoms. The number of nitrogens with two attached hydrogens (primary N) is 1. The monoisotopic (exact) mass is 411 g/mol. The number of rotatable bonds is 2. The maximum absolute atomic E-state index is 13.3. The predicted octanol–water partition coefficient (Wildman–Crippen LogP) is 3.58. The summed E-state index contributed by atoms with van der Waals surface area (Å²) in [7, 11) is 0. The van der Waals surface area contributed by atoms with Crippen molar-refractivity contribution < 1.29 is 4.39 Å². The van der Waals surface area contributed by atoms with Crippen molar-refractivity contribution in [2.75, 3.05) is 5.73 Å². The van der Waals surface area contributed by atoms with Gasteiger partial charge in [-0.15, -0.1) is 5.10 Å². The Morgan fingerprint density at radius 2 is 1.86 bits per heavy atom. The van der Waals surface area contributed by atoms with Gasteiger partial charge in [0, 0.05) is 15.7 Å². The van der Waals surface area contributed by atoms with Crippen LogP contribution in [-0.4, -0.2) is 20.2 Å². The van der Waals surface area contributed by atoms with Gasteiger partial charge in [0.05, 0.1) is 10.2 Å². The van der Waals surface area contributed by atoms with E-state index in [1.165, 1.54) is 10.7 Å². The van der Waals surface area contributed by atoms with Crippen LogP contribution in [0.1, 0.15) is 0 Å². The van der Waals surface area contributed by atoms with Gasteiger partial charge in [0.1, 0.15) is 5.82 Å². The Labute approximate surface area is 136 Å². The number of hydrogen-bond acceptors (Lipinski definition) is 4. The smallest absolute Gasteiger partial charge is 0.188 e. The van der Waals surface area contributed by atoms with E-state index < -0.39 is 0 Å². The van der Waals surface area contributed by atoms with Crippen molar-refractivity contribution in [3.8, 4) is 17.1 Å². The molecule has 0 amide bonds. The molecule has 2 N–H and O–H groups in total. The van der Waals surface area contributed by atoms with Crippen molar-refractivity contribution in [3.05, 3.63) is 51.2 Å². The van der Waals surface area contributed by atoms with Crippen molar-refractivity contribution in [3.63, 3.8) is 0 Å². The van der Waals surface area contributed by atoms with Gasteiger partial charge in [-0.05, 0) is 62.8 Å². The Hall–Kier alpha value is -1.80. The number of aromatic nitrogens is 4. The summed E-state index contributed by atoms with van der Waals surface area (Å²) in [5.74, 6) is 0.159. The molecular weight excluding hydrogens is 405 g/mol. The minimum atomic E-state index is -0.349. The average Bonchev–Trinajstić information content (AvgIpc) is 2.93. The summed E-state index contributed by atoms with van der Waals surface area (Å²) in [5, 5.41) is 11.7. The van der Waals surface area contributed by atoms with Crippen LogP contribution in [0.4, 0.5) is 10.1 Å². The summed E-state index contributed by atoms with van der Waals surface area (Å²) < 4.78 is 16.0. The van der Waals surface area contributed by atoms with Crippen molar-refractivity contribution in [2.24, 2.45) is 0 Å². The van der Waals surface area contributed by atoms with Gasteiger partial charge in [0.15, 0.2) is 5.82 Å². The van der Waals surface area contributed by atoms with E-state index >= 15 is 0 Å². The fourth-order valence-corrected chi connectivity index (χ4v) is 2.65. The number of anilines is 1. The molecule has 106 valence electrons. The van der Waals surface area contributed by atoms with E-state index in [1.54, 1.807) is 24.3 Å². The molecule has 0 aliphatic rings. The molecule has 0 saturated heterocycles. The molecule has 3 rings (SSSR count). The van der Waals surface area contributed by atoms with Crippen LogP contribution >= 0.6 is 31.9 Å². The summed E-state index contributed by atoms with van der Waals surface area (Å²) in [6.07, 6.45) is 0. The highest BCUT2D eigenvalue weighted by molar-refractivity contribution is 9.10. The largest absolute Gasteiger partial charge is 0.399 e. The molecule has 21 heavy (non-hydrogen) atoms. The van der Waals surface area contributed by atoms with Gasteiger partial charge < -0.3 is 5.73 Å². The predicted molar refractivity (Wildman–Crippen MR) is 84.4 cm³/mol. The van der Waals surface area contributed by atoms with Gasteiger partial charge in [-0.2, -0.15) is 4.68 Å². The molecule has 0 fully saturated rings. The van der Waals surface area contributed by atoms with E-state index in [0.29, 0.717) is 21.7 Å². The Morgan fingerprint density at radius 3 is 2.62 bits per heavy atom. The highest BCUT2D eigenvalue weighted by atomic mass is 79.9. The lowest BCUT2D eigenvalue weighted by Crippen LogP contribution is -2.01. The summed E-state index contributed by atoms with van der Waals surface area (Å²) >= 11 is 6.60. The Kier molecular flexibility index (Phi) is 3.73. The van der Waals surface area contributed by atoms with Gasteiger partial charge in [0.2, 0.25) is 0 Å². The third kappa shape index (κ3) is 2.68. The van der Waals surface area contributed by atoms with E-state index in [4.69, 9.17) is 5.73 Å². The summed E-state index contributed by atoms with van der Waals surface area (Å²) in [4.78, 5) is 0. The van der Waals surface area contributed by atoms with E-state index in [-0.39, 0.29) is 5.82 Å². The molecule has 8 heteroatoms. The number of tetrazole rings is 1. The first-order chi connectivity index (χ1) is 10.1. The van der Waals surface area contributed by atoms with Crippen molar-refractivity contribution in [2.45, 2.75) is 0 Å². The van der Waals surface area contributed by atoms with Crippen LogP contribution in [0.25, 0.3) is 17.1 Å². The van der Waals surface area contributed by atoms with Crippen LogP contribution in [0, 0.1) is 5.82 Å². The molecule has 0 radical (unpaired) electrons. The zero-order valence-electron chi connectivity index (χ0n) is 10.5. The molecule has 1 aromatic heterocycles. The Morgan fingerprint density at radius 1 is 1.05 bits per heavy atom. The molecule has 5 nitrogen and oxygen atoms in total. The average molecular weight is 413 g/mol. The number of nitrogens with zero attached hydrogens (tertiary/aromatic N) is 4. The molecule has 0 unspecified atom stereocenters. The highest BCUT2D eigenvalue weighted by Crippen LogP contribution is 2.30. The number of benzene rings is 2. The third-order valence-corrected chi connectivity index (χ3v) is 4.15. The maximum atomic E-state index is 13.3. The van der Waals surface area contributed by atoms with E-state index in [1.807, 2.05) is 6.07 Å². The van der Waals surface area contributed by atoms with Crippen LogP contribution in [0.3, 0.4) is 0 Å². The zero-order chi connectivity index (χ0) is 15.0. The van der Waals surface area contributed by atoms with Crippen LogP contribution < -0.4 is 5.73 Å². The second-order valence-electron chi connectivity index (χ2n) is 4.25. The number of hydrogen-bond donors (Lipinski definition) is 1. The van der Waals surface area contributed by atoms with Gasteiger partial charge in [-0.1, -0.05) is 15.9 Å². The molecule has 0 aliphatic carbocycles. The molecular formula is C13H8Br2FN5. The SMILES string of the molecule is Nc1ccc(Br)c(-c2nnnn2-c2ccc(F)c(Br)c2)c1. The standard InChI is InChI=1S/C13H8Br2FN5/c14-10-3-1-7(17)5-9(10)13-18-19-20-21(13)8-2-4-12(16)11(15)6-8/h1-6H,17H2. The first-order valence-corrected chi connectivity index (χ1v) is 7.44. The Balaban J connectivity index is 2.17. The fourth-order valence-electron chi connectivity index (χ4n) is 1.86. The first kappa shape index (κ1) is 14.2. The number of nitrogen functional groups attached to an aromatic ring is 1. The summed E-state index contributed by atoms with van der Waals surface area (Å²) in [6, 6.07) is 9.92. The highest BCUT2D eigenvalue weighted by Gasteiger charge is 2.15. The first-order valence-electron chi connectivity index (χ1n) is 5.85. The van der Waals surface area contributed by atoms with Crippen molar-refractivity contribution in [1.29, 1.82) is 0 Å². The molecule has 2 aromatic carbocycles. The molecule has 0 atom stereocenters.